The van der Waals surface area contributed by atoms with Gasteiger partial charge in [0.2, 0.25) is 0 Å². The van der Waals surface area contributed by atoms with Gasteiger partial charge in [0.05, 0.1) is 6.10 Å². The van der Waals surface area contributed by atoms with E-state index in [-0.39, 0.29) is 16.9 Å². The fourth-order valence-corrected chi connectivity index (χ4v) is 8.58. The van der Waals surface area contributed by atoms with Gasteiger partial charge in [0, 0.05) is 0 Å². The standard InChI is InChI=1S/C27H30O2Si/c1-22(28)20-21-26(23-14-8-5-9-15-23)29-30(27(2,3)4,24-16-10-6-11-17-24)25-18-12-7-13-19-25/h5-21,26H,1-4H3/b21-20+/t26-/m1/s1. The van der Waals surface area contributed by atoms with E-state index in [4.69, 9.17) is 4.43 Å². The molecule has 0 radical (unpaired) electrons. The summed E-state index contributed by atoms with van der Waals surface area (Å²) < 4.78 is 7.21. The molecular weight excluding hydrogens is 384 g/mol. The SMILES string of the molecule is CC(=O)/C=C/[C@@H](O[Si](c1ccccc1)(c1ccccc1)C(C)(C)C)c1ccccc1. The summed E-state index contributed by atoms with van der Waals surface area (Å²) in [5.41, 5.74) is 1.04. The summed E-state index contributed by atoms with van der Waals surface area (Å²) in [6.07, 6.45) is 3.20. The average molecular weight is 415 g/mol. The Hall–Kier alpha value is -2.75. The molecule has 0 heterocycles. The van der Waals surface area contributed by atoms with Crippen molar-refractivity contribution < 1.29 is 9.22 Å². The highest BCUT2D eigenvalue weighted by atomic mass is 28.4. The fourth-order valence-electron chi connectivity index (χ4n) is 3.97. The van der Waals surface area contributed by atoms with Crippen molar-refractivity contribution in [2.24, 2.45) is 0 Å². The second kappa shape index (κ2) is 9.37. The Balaban J connectivity index is 2.24. The number of rotatable bonds is 7. The molecule has 3 rings (SSSR count). The fraction of sp³-hybridized carbons (Fsp3) is 0.222. The third-order valence-corrected chi connectivity index (χ3v) is 10.4. The molecule has 30 heavy (non-hydrogen) atoms. The van der Waals surface area contributed by atoms with Crippen LogP contribution < -0.4 is 10.4 Å². The molecule has 0 aliphatic heterocycles. The van der Waals surface area contributed by atoms with E-state index in [1.165, 1.54) is 10.4 Å². The Labute approximate surface area is 181 Å². The summed E-state index contributed by atoms with van der Waals surface area (Å²) in [6.45, 7) is 8.35. The molecule has 2 nitrogen and oxygen atoms in total. The molecule has 1 atom stereocenters. The minimum absolute atomic E-state index is 0.0157. The van der Waals surface area contributed by atoms with Crippen LogP contribution in [0.15, 0.2) is 103 Å². The van der Waals surface area contributed by atoms with E-state index in [9.17, 15) is 4.79 Å². The Bertz CT molecular complexity index is 934. The normalized spacial score (nSPS) is 13.3. The first-order valence-corrected chi connectivity index (χ1v) is 12.3. The molecule has 0 unspecified atom stereocenters. The van der Waals surface area contributed by atoms with Crippen molar-refractivity contribution in [3.63, 3.8) is 0 Å². The summed E-state index contributed by atoms with van der Waals surface area (Å²) in [5, 5.41) is 2.31. The number of benzene rings is 3. The molecule has 154 valence electrons. The third kappa shape index (κ3) is 4.69. The number of carbonyl (C=O) groups is 1. The van der Waals surface area contributed by atoms with Gasteiger partial charge in [0.25, 0.3) is 8.32 Å². The molecule has 0 amide bonds. The summed E-state index contributed by atoms with van der Waals surface area (Å²) in [7, 11) is -2.73. The van der Waals surface area contributed by atoms with Gasteiger partial charge in [-0.2, -0.15) is 0 Å². The van der Waals surface area contributed by atoms with Gasteiger partial charge in [-0.3, -0.25) is 4.79 Å². The number of hydrogen-bond acceptors (Lipinski definition) is 2. The van der Waals surface area contributed by atoms with Crippen LogP contribution >= 0.6 is 0 Å². The van der Waals surface area contributed by atoms with Crippen molar-refractivity contribution in [1.29, 1.82) is 0 Å². The van der Waals surface area contributed by atoms with Crippen LogP contribution in [0.25, 0.3) is 0 Å². The lowest BCUT2D eigenvalue weighted by Crippen LogP contribution is -2.66. The van der Waals surface area contributed by atoms with Crippen molar-refractivity contribution in [2.75, 3.05) is 0 Å². The molecule has 0 aromatic heterocycles. The number of carbonyl (C=O) groups excluding carboxylic acids is 1. The summed E-state index contributed by atoms with van der Waals surface area (Å²) in [4.78, 5) is 11.8. The molecule has 3 aromatic rings. The molecule has 3 aromatic carbocycles. The van der Waals surface area contributed by atoms with Gasteiger partial charge in [-0.1, -0.05) is 112 Å². The molecule has 3 heteroatoms. The van der Waals surface area contributed by atoms with Gasteiger partial charge in [0.15, 0.2) is 5.78 Å². The first kappa shape index (κ1) is 21.9. The van der Waals surface area contributed by atoms with Crippen LogP contribution in [0.4, 0.5) is 0 Å². The second-order valence-corrected chi connectivity index (χ2v) is 12.8. The highest BCUT2D eigenvalue weighted by Gasteiger charge is 2.51. The van der Waals surface area contributed by atoms with Crippen molar-refractivity contribution in [3.05, 3.63) is 109 Å². The minimum Gasteiger partial charge on any atom is -0.397 e. The van der Waals surface area contributed by atoms with Crippen LogP contribution in [-0.4, -0.2) is 14.1 Å². The zero-order valence-corrected chi connectivity index (χ0v) is 19.2. The first-order chi connectivity index (χ1) is 14.3. The molecule has 0 aliphatic carbocycles. The maximum atomic E-state index is 11.8. The Morgan fingerprint density at radius 2 is 1.23 bits per heavy atom. The van der Waals surface area contributed by atoms with Gasteiger partial charge in [-0.05, 0) is 40.1 Å². The van der Waals surface area contributed by atoms with E-state index in [2.05, 4.69) is 81.4 Å². The van der Waals surface area contributed by atoms with Gasteiger partial charge in [-0.15, -0.1) is 0 Å². The summed E-state index contributed by atoms with van der Waals surface area (Å²) >= 11 is 0. The Morgan fingerprint density at radius 1 is 0.800 bits per heavy atom. The topological polar surface area (TPSA) is 26.3 Å². The van der Waals surface area contributed by atoms with Crippen LogP contribution in [0.3, 0.4) is 0 Å². The van der Waals surface area contributed by atoms with Gasteiger partial charge in [-0.25, -0.2) is 0 Å². The summed E-state index contributed by atoms with van der Waals surface area (Å²) in [5.74, 6) is 0.0157. The Morgan fingerprint density at radius 3 is 1.63 bits per heavy atom. The van der Waals surface area contributed by atoms with Gasteiger partial charge < -0.3 is 4.43 Å². The lowest BCUT2D eigenvalue weighted by Gasteiger charge is -2.44. The van der Waals surface area contributed by atoms with E-state index in [1.54, 1.807) is 13.0 Å². The highest BCUT2D eigenvalue weighted by molar-refractivity contribution is 6.99. The van der Waals surface area contributed by atoms with E-state index < -0.39 is 8.32 Å². The monoisotopic (exact) mass is 414 g/mol. The molecule has 0 aliphatic rings. The second-order valence-electron chi connectivity index (χ2n) is 8.58. The van der Waals surface area contributed by atoms with E-state index >= 15 is 0 Å². The summed E-state index contributed by atoms with van der Waals surface area (Å²) in [6, 6.07) is 31.3. The maximum absolute atomic E-state index is 11.8. The van der Waals surface area contributed by atoms with Crippen molar-refractivity contribution >= 4 is 24.5 Å². The predicted octanol–water partition coefficient (Wildman–Crippen LogP) is 5.45. The van der Waals surface area contributed by atoms with Crippen molar-refractivity contribution in [3.8, 4) is 0 Å². The smallest absolute Gasteiger partial charge is 0.262 e. The van der Waals surface area contributed by atoms with E-state index in [0.29, 0.717) is 0 Å². The van der Waals surface area contributed by atoms with Crippen molar-refractivity contribution in [1.82, 2.24) is 0 Å². The van der Waals surface area contributed by atoms with Crippen LogP contribution in [0, 0.1) is 0 Å². The quantitative estimate of drug-likeness (QED) is 0.380. The Kier molecular flexibility index (Phi) is 6.86. The van der Waals surface area contributed by atoms with Crippen LogP contribution in [0.2, 0.25) is 5.04 Å². The van der Waals surface area contributed by atoms with Crippen LogP contribution in [0.1, 0.15) is 39.4 Å². The van der Waals surface area contributed by atoms with Crippen LogP contribution in [0.5, 0.6) is 0 Å². The highest BCUT2D eigenvalue weighted by Crippen LogP contribution is 2.40. The van der Waals surface area contributed by atoms with E-state index in [1.807, 2.05) is 36.4 Å². The molecule has 0 fully saturated rings. The molecular formula is C27H30O2Si. The average Bonchev–Trinajstić information content (AvgIpc) is 2.75. The lowest BCUT2D eigenvalue weighted by molar-refractivity contribution is -0.112. The zero-order valence-electron chi connectivity index (χ0n) is 18.2. The first-order valence-electron chi connectivity index (χ1n) is 10.4. The third-order valence-electron chi connectivity index (χ3n) is 5.35. The number of allylic oxidation sites excluding steroid dienone is 1. The molecule has 0 saturated carbocycles. The molecule has 0 spiro atoms. The van der Waals surface area contributed by atoms with Gasteiger partial charge in [0.1, 0.15) is 0 Å². The largest absolute Gasteiger partial charge is 0.397 e. The maximum Gasteiger partial charge on any atom is 0.262 e. The minimum atomic E-state index is -2.73. The molecule has 0 bridgehead atoms. The van der Waals surface area contributed by atoms with Gasteiger partial charge >= 0.3 is 0 Å². The van der Waals surface area contributed by atoms with Crippen LogP contribution in [-0.2, 0) is 9.22 Å². The molecule has 0 N–H and O–H groups in total. The lowest BCUT2D eigenvalue weighted by atomic mass is 10.1. The zero-order chi connectivity index (χ0) is 21.6. The predicted molar refractivity (Wildman–Crippen MR) is 128 cm³/mol. The van der Waals surface area contributed by atoms with E-state index in [0.717, 1.165) is 5.56 Å². The molecule has 0 saturated heterocycles. The van der Waals surface area contributed by atoms with Crippen molar-refractivity contribution in [2.45, 2.75) is 38.8 Å². The number of ketones is 1. The number of hydrogen-bond donors (Lipinski definition) is 0.